The van der Waals surface area contributed by atoms with Gasteiger partial charge in [-0.05, 0) is 32.1 Å². The fraction of sp³-hybridized carbons (Fsp3) is 0.812. The van der Waals surface area contributed by atoms with Crippen molar-refractivity contribution in [3.05, 3.63) is 12.2 Å². The predicted octanol–water partition coefficient (Wildman–Crippen LogP) is 5.33. The Labute approximate surface area is 112 Å². The normalized spacial score (nSPS) is 11.2. The molecule has 0 aromatic heterocycles. The van der Waals surface area contributed by atoms with Gasteiger partial charge in [0.15, 0.2) is 0 Å². The molecule has 2 heteroatoms. The zero-order valence-corrected chi connectivity index (χ0v) is 12.0. The Morgan fingerprint density at radius 2 is 1.33 bits per heavy atom. The number of unbranched alkanes of at least 4 members (excludes halogenated alkanes) is 9. The van der Waals surface area contributed by atoms with Gasteiger partial charge in [-0.15, -0.1) is 0 Å². The Morgan fingerprint density at radius 3 is 1.89 bits per heavy atom. The highest BCUT2D eigenvalue weighted by atomic mass is 16.4. The number of carbonyl (C=O) groups is 1. The molecule has 0 atom stereocenters. The van der Waals surface area contributed by atoms with Gasteiger partial charge in [-0.1, -0.05) is 57.6 Å². The first kappa shape index (κ1) is 17.2. The molecule has 0 radical (unpaired) electrons. The van der Waals surface area contributed by atoms with Gasteiger partial charge >= 0.3 is 5.97 Å². The van der Waals surface area contributed by atoms with Gasteiger partial charge in [-0.25, -0.2) is 0 Å². The molecule has 106 valence electrons. The summed E-state index contributed by atoms with van der Waals surface area (Å²) in [4.78, 5) is 10.3. The largest absolute Gasteiger partial charge is 0.481 e. The fourth-order valence-corrected chi connectivity index (χ4v) is 1.99. The molecule has 0 aromatic rings. The van der Waals surface area contributed by atoms with E-state index in [9.17, 15) is 4.79 Å². The number of aliphatic carboxylic acids is 1. The van der Waals surface area contributed by atoms with Gasteiger partial charge in [-0.3, -0.25) is 4.79 Å². The van der Waals surface area contributed by atoms with E-state index >= 15 is 0 Å². The van der Waals surface area contributed by atoms with Crippen LogP contribution in [-0.4, -0.2) is 11.1 Å². The van der Waals surface area contributed by atoms with Crippen LogP contribution in [0, 0.1) is 0 Å². The van der Waals surface area contributed by atoms with Gasteiger partial charge in [0.1, 0.15) is 0 Å². The summed E-state index contributed by atoms with van der Waals surface area (Å²) in [5.74, 6) is -0.673. The van der Waals surface area contributed by atoms with Crippen molar-refractivity contribution in [1.29, 1.82) is 0 Å². The van der Waals surface area contributed by atoms with Gasteiger partial charge in [0, 0.05) is 6.42 Å². The van der Waals surface area contributed by atoms with Crippen molar-refractivity contribution >= 4 is 5.97 Å². The van der Waals surface area contributed by atoms with Crippen molar-refractivity contribution in [3.63, 3.8) is 0 Å². The van der Waals surface area contributed by atoms with Gasteiger partial charge in [-0.2, -0.15) is 0 Å². The maximum atomic E-state index is 10.3. The van der Waals surface area contributed by atoms with Crippen molar-refractivity contribution in [3.8, 4) is 0 Å². The molecule has 0 fully saturated rings. The molecule has 0 saturated carbocycles. The highest BCUT2D eigenvalue weighted by molar-refractivity contribution is 5.66. The van der Waals surface area contributed by atoms with E-state index < -0.39 is 5.97 Å². The molecule has 0 aliphatic heterocycles. The zero-order chi connectivity index (χ0) is 13.5. The number of hydrogen-bond donors (Lipinski definition) is 1. The Balaban J connectivity index is 3.07. The first-order chi connectivity index (χ1) is 8.77. The quantitative estimate of drug-likeness (QED) is 0.356. The Hall–Kier alpha value is -0.790. The number of rotatable bonds is 13. The molecule has 0 aliphatic carbocycles. The lowest BCUT2D eigenvalue weighted by molar-refractivity contribution is -0.137. The van der Waals surface area contributed by atoms with Crippen LogP contribution in [0.15, 0.2) is 12.2 Å². The Morgan fingerprint density at radius 1 is 0.833 bits per heavy atom. The van der Waals surface area contributed by atoms with Crippen molar-refractivity contribution in [1.82, 2.24) is 0 Å². The minimum atomic E-state index is -0.673. The smallest absolute Gasteiger partial charge is 0.303 e. The molecule has 0 amide bonds. The molecule has 0 spiro atoms. The van der Waals surface area contributed by atoms with Crippen LogP contribution >= 0.6 is 0 Å². The highest BCUT2D eigenvalue weighted by Gasteiger charge is 1.94. The van der Waals surface area contributed by atoms with E-state index in [-0.39, 0.29) is 0 Å². The third-order valence-electron chi connectivity index (χ3n) is 3.15. The second-order valence-corrected chi connectivity index (χ2v) is 5.02. The summed E-state index contributed by atoms with van der Waals surface area (Å²) in [6, 6.07) is 0. The summed E-state index contributed by atoms with van der Waals surface area (Å²) in [7, 11) is 0. The van der Waals surface area contributed by atoms with Crippen LogP contribution in [0.5, 0.6) is 0 Å². The monoisotopic (exact) mass is 254 g/mol. The number of carboxylic acid groups (broad SMARTS) is 1. The molecular formula is C16H30O2. The highest BCUT2D eigenvalue weighted by Crippen LogP contribution is 2.08. The summed E-state index contributed by atoms with van der Waals surface area (Å²) in [5, 5.41) is 8.48. The van der Waals surface area contributed by atoms with Crippen molar-refractivity contribution in [2.45, 2.75) is 84.0 Å². The minimum Gasteiger partial charge on any atom is -0.481 e. The standard InChI is InChI=1S/C16H30O2/c1-2-3-4-5-6-7-8-9-10-11-12-13-14-15-16(17)18/h9-10H,2-8,11-15H2,1H3,(H,17,18)/b10-9+. The Kier molecular flexibility index (Phi) is 13.6. The van der Waals surface area contributed by atoms with Gasteiger partial charge in [0.25, 0.3) is 0 Å². The van der Waals surface area contributed by atoms with E-state index in [1.165, 1.54) is 44.9 Å². The average Bonchev–Trinajstić information content (AvgIpc) is 2.34. The van der Waals surface area contributed by atoms with Crippen LogP contribution < -0.4 is 0 Å². The molecule has 18 heavy (non-hydrogen) atoms. The van der Waals surface area contributed by atoms with Crippen molar-refractivity contribution in [2.75, 3.05) is 0 Å². The number of carboxylic acids is 1. The summed E-state index contributed by atoms with van der Waals surface area (Å²) < 4.78 is 0. The van der Waals surface area contributed by atoms with Crippen molar-refractivity contribution < 1.29 is 9.90 Å². The maximum Gasteiger partial charge on any atom is 0.303 e. The third-order valence-corrected chi connectivity index (χ3v) is 3.15. The first-order valence-electron chi connectivity index (χ1n) is 7.64. The minimum absolute atomic E-state index is 0.321. The molecule has 0 saturated heterocycles. The van der Waals surface area contributed by atoms with Gasteiger partial charge in [0.2, 0.25) is 0 Å². The molecule has 0 aromatic carbocycles. The van der Waals surface area contributed by atoms with Gasteiger partial charge < -0.3 is 5.11 Å². The summed E-state index contributed by atoms with van der Waals surface area (Å²) in [6.07, 6.45) is 18.3. The molecule has 2 nitrogen and oxygen atoms in total. The molecule has 0 bridgehead atoms. The van der Waals surface area contributed by atoms with E-state index in [4.69, 9.17) is 5.11 Å². The fourth-order valence-electron chi connectivity index (χ4n) is 1.99. The average molecular weight is 254 g/mol. The lowest BCUT2D eigenvalue weighted by Gasteiger charge is -1.98. The third kappa shape index (κ3) is 15.2. The predicted molar refractivity (Wildman–Crippen MR) is 77.9 cm³/mol. The van der Waals surface area contributed by atoms with E-state index in [0.717, 1.165) is 25.7 Å². The number of allylic oxidation sites excluding steroid dienone is 2. The molecule has 1 N–H and O–H groups in total. The molecule has 0 heterocycles. The second kappa shape index (κ2) is 14.3. The van der Waals surface area contributed by atoms with Crippen LogP contribution in [0.1, 0.15) is 84.0 Å². The van der Waals surface area contributed by atoms with Crippen LogP contribution in [0.2, 0.25) is 0 Å². The topological polar surface area (TPSA) is 37.3 Å². The van der Waals surface area contributed by atoms with Crippen molar-refractivity contribution in [2.24, 2.45) is 0 Å². The summed E-state index contributed by atoms with van der Waals surface area (Å²) in [6.45, 7) is 2.25. The van der Waals surface area contributed by atoms with Crippen LogP contribution in [0.4, 0.5) is 0 Å². The summed E-state index contributed by atoms with van der Waals surface area (Å²) in [5.41, 5.74) is 0. The second-order valence-electron chi connectivity index (χ2n) is 5.02. The van der Waals surface area contributed by atoms with Crippen LogP contribution in [0.25, 0.3) is 0 Å². The lowest BCUT2D eigenvalue weighted by atomic mass is 10.1. The number of hydrogen-bond acceptors (Lipinski definition) is 1. The van der Waals surface area contributed by atoms with Crippen LogP contribution in [0.3, 0.4) is 0 Å². The molecule has 0 aliphatic rings. The van der Waals surface area contributed by atoms with Gasteiger partial charge in [0.05, 0.1) is 0 Å². The SMILES string of the molecule is CCCCCCCC/C=C/CCCCCC(=O)O. The zero-order valence-electron chi connectivity index (χ0n) is 12.0. The van der Waals surface area contributed by atoms with Crippen LogP contribution in [-0.2, 0) is 4.79 Å². The summed E-state index contributed by atoms with van der Waals surface area (Å²) >= 11 is 0. The van der Waals surface area contributed by atoms with E-state index in [1.807, 2.05) is 0 Å². The van der Waals surface area contributed by atoms with E-state index in [2.05, 4.69) is 19.1 Å². The molecule has 0 unspecified atom stereocenters. The lowest BCUT2D eigenvalue weighted by Crippen LogP contribution is -1.93. The van der Waals surface area contributed by atoms with E-state index in [0.29, 0.717) is 6.42 Å². The Bertz CT molecular complexity index is 209. The van der Waals surface area contributed by atoms with E-state index in [1.54, 1.807) is 0 Å². The maximum absolute atomic E-state index is 10.3. The molecular weight excluding hydrogens is 224 g/mol. The first-order valence-corrected chi connectivity index (χ1v) is 7.64. The molecule has 0 rings (SSSR count).